The molecule has 0 radical (unpaired) electrons. The number of hydrogen-bond acceptors (Lipinski definition) is 2. The molecule has 2 heteroatoms. The third-order valence-corrected chi connectivity index (χ3v) is 7.01. The number of ether oxygens (including phenoxy) is 1. The van der Waals surface area contributed by atoms with Gasteiger partial charge in [-0.15, -0.1) is 0 Å². The van der Waals surface area contributed by atoms with E-state index in [1.165, 1.54) is 161 Å². The van der Waals surface area contributed by atoms with Crippen LogP contribution in [-0.4, -0.2) is 13.1 Å². The van der Waals surface area contributed by atoms with E-state index in [9.17, 15) is 4.79 Å². The van der Waals surface area contributed by atoms with Gasteiger partial charge in [0.1, 0.15) is 0 Å². The van der Waals surface area contributed by atoms with Gasteiger partial charge in [-0.3, -0.25) is 0 Å². The van der Waals surface area contributed by atoms with Crippen LogP contribution in [0.4, 0.5) is 0 Å². The number of allylic oxidation sites excluding steroid dienone is 6. The van der Waals surface area contributed by atoms with E-state index < -0.39 is 0 Å². The molecule has 2 nitrogen and oxygen atoms in total. The summed E-state index contributed by atoms with van der Waals surface area (Å²) >= 11 is 0. The summed E-state index contributed by atoms with van der Waals surface area (Å²) in [6, 6.07) is 0. The summed E-state index contributed by atoms with van der Waals surface area (Å²) in [4.78, 5) is 10.2. The summed E-state index contributed by atoms with van der Waals surface area (Å²) in [5.74, 6) is -0.347. The summed E-state index contributed by atoms with van der Waals surface area (Å²) in [5.41, 5.74) is 0.433. The minimum absolute atomic E-state index is 0.347. The van der Waals surface area contributed by atoms with E-state index in [1.54, 1.807) is 6.92 Å². The van der Waals surface area contributed by atoms with E-state index in [2.05, 4.69) is 47.8 Å². The van der Waals surface area contributed by atoms with Crippen molar-refractivity contribution in [3.05, 3.63) is 48.6 Å². The first-order chi connectivity index (χ1) is 18.2. The van der Waals surface area contributed by atoms with Crippen molar-refractivity contribution in [2.75, 3.05) is 7.11 Å². The second-order valence-electron chi connectivity index (χ2n) is 10.8. The zero-order valence-electron chi connectivity index (χ0n) is 25.0. The van der Waals surface area contributed by atoms with E-state index in [1.807, 2.05) is 0 Å². The monoisotopic (exact) mass is 514 g/mol. The summed E-state index contributed by atoms with van der Waals surface area (Å²) in [5, 5.41) is 0. The Hall–Kier alpha value is -1.57. The van der Waals surface area contributed by atoms with E-state index in [4.69, 9.17) is 0 Å². The van der Waals surface area contributed by atoms with Gasteiger partial charge in [0.25, 0.3) is 0 Å². The molecule has 0 amide bonds. The lowest BCUT2D eigenvalue weighted by Crippen LogP contribution is -1.98. The SMILES string of the molecule is C1=CCCCCCCCC1.C1=CCCCCCCCC1.C1=CCCCCCCCC1.C=C(C)C(=O)OC. The molecule has 0 heterocycles. The summed E-state index contributed by atoms with van der Waals surface area (Å²) < 4.78 is 4.27. The molecule has 0 spiro atoms. The van der Waals surface area contributed by atoms with Crippen LogP contribution < -0.4 is 0 Å². The lowest BCUT2D eigenvalue weighted by Gasteiger charge is -2.01. The number of hydrogen-bond donors (Lipinski definition) is 0. The maximum atomic E-state index is 10.2. The maximum Gasteiger partial charge on any atom is 0.332 e. The number of rotatable bonds is 1. The lowest BCUT2D eigenvalue weighted by atomic mass is 10.1. The predicted molar refractivity (Wildman–Crippen MR) is 165 cm³/mol. The Kier molecular flexibility index (Phi) is 29.4. The Labute approximate surface area is 232 Å². The largest absolute Gasteiger partial charge is 0.466 e. The van der Waals surface area contributed by atoms with Gasteiger partial charge in [-0.05, 0) is 84.0 Å². The van der Waals surface area contributed by atoms with E-state index in [0.29, 0.717) is 5.57 Å². The molecule has 0 unspecified atom stereocenters. The molecule has 37 heavy (non-hydrogen) atoms. The fourth-order valence-corrected chi connectivity index (χ4v) is 4.58. The van der Waals surface area contributed by atoms with E-state index >= 15 is 0 Å². The van der Waals surface area contributed by atoms with Crippen LogP contribution in [0.25, 0.3) is 0 Å². The van der Waals surface area contributed by atoms with Crippen molar-refractivity contribution in [1.82, 2.24) is 0 Å². The molecule has 214 valence electrons. The minimum Gasteiger partial charge on any atom is -0.466 e. The summed E-state index contributed by atoms with van der Waals surface area (Å²) in [7, 11) is 1.33. The molecular weight excluding hydrogens is 452 g/mol. The van der Waals surface area contributed by atoms with Crippen molar-refractivity contribution < 1.29 is 9.53 Å². The van der Waals surface area contributed by atoms with Gasteiger partial charge < -0.3 is 4.74 Å². The second kappa shape index (κ2) is 30.7. The third kappa shape index (κ3) is 30.5. The average Bonchev–Trinajstić information content (AvgIpc) is 2.94. The first kappa shape index (κ1) is 35.4. The number of carbonyl (C=O) groups is 1. The molecule has 0 fully saturated rings. The molecule has 0 aromatic heterocycles. The van der Waals surface area contributed by atoms with Crippen molar-refractivity contribution in [1.29, 1.82) is 0 Å². The standard InChI is InChI=1S/3C10H18.C5H8O2/c3*1-2-4-6-8-10-9-7-5-3-1;1-4(2)5(6)7-3/h3*1-2H,3-10H2;1H2,2-3H3. The Morgan fingerprint density at radius 3 is 0.784 bits per heavy atom. The highest BCUT2D eigenvalue weighted by Crippen LogP contribution is 2.13. The molecule has 0 atom stereocenters. The summed E-state index contributed by atoms with van der Waals surface area (Å²) in [6.07, 6.45) is 48.0. The lowest BCUT2D eigenvalue weighted by molar-refractivity contribution is -0.136. The first-order valence-electron chi connectivity index (χ1n) is 15.9. The zero-order chi connectivity index (χ0) is 27.1. The van der Waals surface area contributed by atoms with E-state index in [0.717, 1.165) is 0 Å². The van der Waals surface area contributed by atoms with Gasteiger partial charge in [0.05, 0.1) is 7.11 Å². The molecule has 0 aliphatic heterocycles. The average molecular weight is 515 g/mol. The molecule has 0 N–H and O–H groups in total. The van der Waals surface area contributed by atoms with Crippen LogP contribution in [-0.2, 0) is 9.53 Å². The maximum absolute atomic E-state index is 10.2. The van der Waals surface area contributed by atoms with Crippen molar-refractivity contribution in [2.45, 2.75) is 161 Å². The van der Waals surface area contributed by atoms with Gasteiger partial charge in [-0.25, -0.2) is 4.79 Å². The zero-order valence-corrected chi connectivity index (χ0v) is 25.0. The minimum atomic E-state index is -0.347. The molecule has 3 aliphatic rings. The van der Waals surface area contributed by atoms with Gasteiger partial charge >= 0.3 is 5.97 Å². The fraction of sp³-hybridized carbons (Fsp3) is 0.743. The van der Waals surface area contributed by atoms with Crippen LogP contribution in [0.1, 0.15) is 161 Å². The molecule has 0 saturated heterocycles. The summed E-state index contributed by atoms with van der Waals surface area (Å²) in [6.45, 7) is 4.95. The molecule has 3 aliphatic carbocycles. The van der Waals surface area contributed by atoms with Gasteiger partial charge in [0.2, 0.25) is 0 Å². The first-order valence-corrected chi connectivity index (χ1v) is 15.9. The molecule has 3 rings (SSSR count). The normalized spacial score (nSPS) is 19.6. The number of esters is 1. The van der Waals surface area contributed by atoms with Gasteiger partial charge in [-0.1, -0.05) is 120 Å². The number of carbonyl (C=O) groups excluding carboxylic acids is 1. The molecule has 0 bridgehead atoms. The van der Waals surface area contributed by atoms with Crippen LogP contribution in [0.15, 0.2) is 48.6 Å². The van der Waals surface area contributed by atoms with Crippen molar-refractivity contribution in [3.63, 3.8) is 0 Å². The van der Waals surface area contributed by atoms with E-state index in [-0.39, 0.29) is 5.97 Å². The van der Waals surface area contributed by atoms with Crippen LogP contribution in [0.3, 0.4) is 0 Å². The molecular formula is C35H62O2. The molecule has 0 aromatic carbocycles. The van der Waals surface area contributed by atoms with Gasteiger partial charge in [0.15, 0.2) is 0 Å². The second-order valence-corrected chi connectivity index (χ2v) is 10.8. The third-order valence-electron chi connectivity index (χ3n) is 7.01. The van der Waals surface area contributed by atoms with Crippen LogP contribution in [0.2, 0.25) is 0 Å². The van der Waals surface area contributed by atoms with Crippen molar-refractivity contribution >= 4 is 5.97 Å². The van der Waals surface area contributed by atoms with Gasteiger partial charge in [-0.2, -0.15) is 0 Å². The number of methoxy groups -OCH3 is 1. The highest BCUT2D eigenvalue weighted by atomic mass is 16.5. The Morgan fingerprint density at radius 2 is 0.649 bits per heavy atom. The topological polar surface area (TPSA) is 26.3 Å². The van der Waals surface area contributed by atoms with Crippen LogP contribution in [0.5, 0.6) is 0 Å². The highest BCUT2D eigenvalue weighted by Gasteiger charge is 1.96. The Balaban J connectivity index is 0.000000472. The van der Waals surface area contributed by atoms with Gasteiger partial charge in [0, 0.05) is 5.57 Å². The Bertz CT molecular complexity index is 486. The predicted octanol–water partition coefficient (Wildman–Crippen LogP) is 11.8. The van der Waals surface area contributed by atoms with Crippen LogP contribution in [0, 0.1) is 0 Å². The fourth-order valence-electron chi connectivity index (χ4n) is 4.58. The van der Waals surface area contributed by atoms with Crippen molar-refractivity contribution in [3.8, 4) is 0 Å². The van der Waals surface area contributed by atoms with Crippen molar-refractivity contribution in [2.24, 2.45) is 0 Å². The van der Waals surface area contributed by atoms with Crippen LogP contribution >= 0.6 is 0 Å². The molecule has 0 saturated carbocycles. The molecule has 0 aromatic rings. The smallest absolute Gasteiger partial charge is 0.332 e. The quantitative estimate of drug-likeness (QED) is 0.197. The highest BCUT2D eigenvalue weighted by molar-refractivity contribution is 5.86. The Morgan fingerprint density at radius 1 is 0.459 bits per heavy atom.